The zero-order chi connectivity index (χ0) is 62.9. The van der Waals surface area contributed by atoms with Crippen molar-refractivity contribution in [1.82, 2.24) is 35.3 Å². The maximum absolute atomic E-state index is 15.2. The molecule has 10 rings (SSSR count). The first-order valence-electron chi connectivity index (χ1n) is 29.5. The Morgan fingerprint density at radius 2 is 1.64 bits per heavy atom. The molecule has 27 heteroatoms. The molecule has 6 amide bonds. The molecule has 0 bridgehead atoms. The number of nitrogens with zero attached hydrogens (tertiary/aromatic N) is 7. The minimum atomic E-state index is -1.14. The summed E-state index contributed by atoms with van der Waals surface area (Å²) in [5, 5.41) is 25.7. The van der Waals surface area contributed by atoms with Crippen LogP contribution in [0.4, 0.5) is 20.3 Å². The summed E-state index contributed by atoms with van der Waals surface area (Å²) >= 11 is 2.70. The van der Waals surface area contributed by atoms with Gasteiger partial charge in [0.25, 0.3) is 11.8 Å². The molecule has 470 valence electrons. The Balaban J connectivity index is 0.557. The Kier molecular flexibility index (Phi) is 22.0. The van der Waals surface area contributed by atoms with Crippen LogP contribution in [0, 0.1) is 23.2 Å². The summed E-state index contributed by atoms with van der Waals surface area (Å²) in [4.78, 5) is 106. The number of carbonyl (C=O) groups excluding carboxylic acids is 6. The number of hydrogen-bond donors (Lipinski definition) is 6. The van der Waals surface area contributed by atoms with Crippen LogP contribution in [0.3, 0.4) is 0 Å². The number of aromatic carboxylic acids is 1. The number of carbonyl (C=O) groups is 7. The van der Waals surface area contributed by atoms with Crippen LogP contribution in [-0.4, -0.2) is 169 Å². The number of thiazole rings is 2. The number of aryl methyl sites for hydroxylation is 1. The SMILES string of the molecule is N=N/C(=C\NCCCC(=O)N1CCN(CC#Cc2ccc(OCCCc3sc(N4CCc5cccc(C(=O)Nc6nc7ccccc7s6)c5C4)nc3C(=O)O)c(F)c2)CC1)COCCOCCOCC(=O)Nc1cccc2c1CN(C1CCC(=O)NC1=O)C2=O. The van der Waals surface area contributed by atoms with Crippen LogP contribution >= 0.6 is 22.7 Å². The van der Waals surface area contributed by atoms with Gasteiger partial charge in [-0.25, -0.2) is 24.7 Å². The van der Waals surface area contributed by atoms with E-state index in [1.54, 1.807) is 36.5 Å². The van der Waals surface area contributed by atoms with Gasteiger partial charge in [-0.15, -0.1) is 11.3 Å². The van der Waals surface area contributed by atoms with Crippen LogP contribution < -0.4 is 30.9 Å². The molecule has 6 heterocycles. The van der Waals surface area contributed by atoms with E-state index in [0.29, 0.717) is 133 Å². The average molecular weight is 1270 g/mol. The minimum absolute atomic E-state index is 0.0347. The molecule has 24 nitrogen and oxygen atoms in total. The highest BCUT2D eigenvalue weighted by Crippen LogP contribution is 2.35. The first-order chi connectivity index (χ1) is 43.8. The van der Waals surface area contributed by atoms with Crippen molar-refractivity contribution in [1.29, 1.82) is 5.53 Å². The van der Waals surface area contributed by atoms with E-state index in [0.717, 1.165) is 21.3 Å². The number of anilines is 3. The fourth-order valence-electron chi connectivity index (χ4n) is 10.7. The fourth-order valence-corrected chi connectivity index (χ4v) is 12.7. The topological polar surface area (TPSA) is 300 Å². The van der Waals surface area contributed by atoms with Crippen molar-refractivity contribution in [3.8, 4) is 17.6 Å². The number of fused-ring (bicyclic) bond motifs is 3. The molecule has 1 atom stereocenters. The van der Waals surface area contributed by atoms with Crippen LogP contribution in [0.5, 0.6) is 5.75 Å². The molecule has 1 unspecified atom stereocenters. The molecule has 0 aliphatic carbocycles. The Morgan fingerprint density at radius 3 is 2.43 bits per heavy atom. The van der Waals surface area contributed by atoms with Crippen LogP contribution in [0.15, 0.2) is 95.9 Å². The van der Waals surface area contributed by atoms with Crippen molar-refractivity contribution in [3.63, 3.8) is 0 Å². The molecule has 6 aromatic rings. The molecule has 2 saturated heterocycles. The molecule has 0 saturated carbocycles. The van der Waals surface area contributed by atoms with Gasteiger partial charge in [-0.1, -0.05) is 53.5 Å². The number of nitrogens with one attached hydrogen (secondary N) is 5. The number of carboxylic acids is 1. The number of piperazine rings is 1. The Hall–Kier alpha value is -9.04. The van der Waals surface area contributed by atoms with Crippen molar-refractivity contribution < 1.29 is 62.0 Å². The first-order valence-corrected chi connectivity index (χ1v) is 31.2. The van der Waals surface area contributed by atoms with E-state index in [4.69, 9.17) is 24.5 Å². The van der Waals surface area contributed by atoms with Crippen LogP contribution in [0.1, 0.15) is 90.4 Å². The minimum Gasteiger partial charge on any atom is -0.491 e. The molecule has 90 heavy (non-hydrogen) atoms. The maximum atomic E-state index is 15.2. The molecular formula is C63H67FN12O12S2. The highest BCUT2D eigenvalue weighted by atomic mass is 32.1. The van der Waals surface area contributed by atoms with Gasteiger partial charge < -0.3 is 49.4 Å². The number of para-hydroxylation sites is 1. The molecular weight excluding hydrogens is 1200 g/mol. The third kappa shape index (κ3) is 16.6. The quantitative estimate of drug-likeness (QED) is 0.0130. The summed E-state index contributed by atoms with van der Waals surface area (Å²) in [6.45, 7) is 5.20. The molecule has 2 fully saturated rings. The number of carboxylic acid groups (broad SMARTS) is 1. The number of amides is 6. The van der Waals surface area contributed by atoms with E-state index < -0.39 is 29.6 Å². The van der Waals surface area contributed by atoms with Gasteiger partial charge in [0.1, 0.15) is 18.3 Å². The molecule has 4 aliphatic rings. The fraction of sp³-hybridized carbons (Fsp3) is 0.381. The van der Waals surface area contributed by atoms with Crippen molar-refractivity contribution in [2.75, 3.05) is 108 Å². The van der Waals surface area contributed by atoms with Crippen molar-refractivity contribution in [2.24, 2.45) is 5.11 Å². The Bertz CT molecular complexity index is 3730. The number of benzene rings is 4. The lowest BCUT2D eigenvalue weighted by atomic mass is 9.94. The van der Waals surface area contributed by atoms with Crippen molar-refractivity contribution in [2.45, 2.75) is 64.1 Å². The summed E-state index contributed by atoms with van der Waals surface area (Å²) in [5.41, 5.74) is 13.0. The van der Waals surface area contributed by atoms with Gasteiger partial charge in [-0.05, 0) is 91.8 Å². The highest BCUT2D eigenvalue weighted by Gasteiger charge is 2.40. The molecule has 4 aliphatic heterocycles. The number of aromatic nitrogens is 2. The smallest absolute Gasteiger partial charge is 0.355 e. The van der Waals surface area contributed by atoms with Gasteiger partial charge in [0.15, 0.2) is 27.5 Å². The monoisotopic (exact) mass is 1270 g/mol. The normalized spacial score (nSPS) is 15.8. The van der Waals surface area contributed by atoms with Gasteiger partial charge in [0.2, 0.25) is 23.6 Å². The number of ether oxygens (including phenoxy) is 4. The summed E-state index contributed by atoms with van der Waals surface area (Å²) in [7, 11) is 0. The molecule has 0 radical (unpaired) electrons. The lowest BCUT2D eigenvalue weighted by Gasteiger charge is -2.33. The number of halogens is 1. The van der Waals surface area contributed by atoms with Crippen LogP contribution in [0.25, 0.3) is 10.2 Å². The number of rotatable bonds is 28. The van der Waals surface area contributed by atoms with E-state index in [-0.39, 0.29) is 101 Å². The van der Waals surface area contributed by atoms with Gasteiger partial charge in [-0.2, -0.15) is 5.11 Å². The highest BCUT2D eigenvalue weighted by molar-refractivity contribution is 7.22. The number of imide groups is 1. The third-order valence-corrected chi connectivity index (χ3v) is 17.5. The zero-order valence-electron chi connectivity index (χ0n) is 49.2. The summed E-state index contributed by atoms with van der Waals surface area (Å²) in [6.07, 6.45) is 4.30. The molecule has 6 N–H and O–H groups in total. The van der Waals surface area contributed by atoms with Crippen LogP contribution in [-0.2, 0) is 59.3 Å². The Morgan fingerprint density at radius 1 is 0.844 bits per heavy atom. The van der Waals surface area contributed by atoms with Gasteiger partial charge in [0.05, 0.1) is 56.4 Å². The summed E-state index contributed by atoms with van der Waals surface area (Å²) in [6, 6.07) is 22.1. The zero-order valence-corrected chi connectivity index (χ0v) is 50.8. The predicted octanol–water partition coefficient (Wildman–Crippen LogP) is 6.60. The van der Waals surface area contributed by atoms with Crippen LogP contribution in [0.2, 0.25) is 0 Å². The lowest BCUT2D eigenvalue weighted by molar-refractivity contribution is -0.137. The summed E-state index contributed by atoms with van der Waals surface area (Å²) < 4.78 is 38.5. The maximum Gasteiger partial charge on any atom is 0.355 e. The average Bonchev–Trinajstić information content (AvgIpc) is 1.70. The van der Waals surface area contributed by atoms with E-state index in [1.165, 1.54) is 39.7 Å². The first kappa shape index (κ1) is 64.0. The number of piperidine rings is 1. The Labute approximate surface area is 525 Å². The largest absolute Gasteiger partial charge is 0.491 e. The van der Waals surface area contributed by atoms with E-state index in [9.17, 15) is 38.7 Å². The second-order valence-corrected chi connectivity index (χ2v) is 23.6. The van der Waals surface area contributed by atoms with Crippen molar-refractivity contribution >= 4 is 90.3 Å². The van der Waals surface area contributed by atoms with E-state index in [2.05, 4.69) is 53.1 Å². The predicted molar refractivity (Wildman–Crippen MR) is 332 cm³/mol. The standard InChI is InChI=1S/C63H67FN12O12S2/c64-47-34-40(17-19-51(47)88-29-7-15-53-57(61(83)84)70-63(90-53)75-24-21-41-9-3-10-43(45(41)36-75)58(80)71-62-68-49-12-1-2-14-52(49)89-62)8-6-23-73-25-27-74(28-26-73)56(79)16-5-22-66-35-42(72-65)38-86-32-30-85-31-33-87-39-55(78)67-48-13-4-11-44-46(48)37-76(60(44)82)50-18-20-54(77)69-59(50)81/h1-4,9-14,17,19,34-35,50,65-66H,5,7,15-16,18,20-33,36-39H2,(H,67,78)(H,83,84)(H,68,71,80)(H,69,77,81)/b42-35-,72-65?. The molecule has 0 spiro atoms. The van der Waals surface area contributed by atoms with E-state index in [1.807, 2.05) is 46.2 Å². The summed E-state index contributed by atoms with van der Waals surface area (Å²) in [5.74, 6) is 2.64. The molecule has 2 aromatic heterocycles. The second-order valence-electron chi connectivity index (χ2n) is 21.5. The van der Waals surface area contributed by atoms with Gasteiger partial charge in [0, 0.05) is 104 Å². The lowest BCUT2D eigenvalue weighted by Crippen LogP contribution is -2.52. The molecule has 4 aromatic carbocycles. The third-order valence-electron chi connectivity index (χ3n) is 15.4. The van der Waals surface area contributed by atoms with Gasteiger partial charge >= 0.3 is 5.97 Å². The number of hydrogen-bond acceptors (Lipinski definition) is 20. The van der Waals surface area contributed by atoms with E-state index >= 15 is 4.39 Å². The van der Waals surface area contributed by atoms with Crippen molar-refractivity contribution in [3.05, 3.63) is 141 Å². The van der Waals surface area contributed by atoms with Gasteiger partial charge in [-0.3, -0.25) is 44.3 Å². The second kappa shape index (κ2) is 30.9.